The topological polar surface area (TPSA) is 126 Å². The zero-order valence-corrected chi connectivity index (χ0v) is 33.3. The smallest absolute Gasteiger partial charge is 0.308 e. The molecular formula is C45H52N4O8. The summed E-state index contributed by atoms with van der Waals surface area (Å²) in [6.45, 7) is 8.06. The number of fused-ring (bicyclic) bond motifs is 1. The van der Waals surface area contributed by atoms with E-state index in [2.05, 4.69) is 29.2 Å². The van der Waals surface area contributed by atoms with Crippen molar-refractivity contribution in [1.82, 2.24) is 19.4 Å². The van der Waals surface area contributed by atoms with Gasteiger partial charge in [-0.3, -0.25) is 14.4 Å². The van der Waals surface area contributed by atoms with Gasteiger partial charge in [-0.1, -0.05) is 49.4 Å². The maximum atomic E-state index is 14.4. The Balaban J connectivity index is 1.03. The second-order valence-electron chi connectivity index (χ2n) is 15.0. The van der Waals surface area contributed by atoms with Gasteiger partial charge in [0.1, 0.15) is 12.4 Å². The molecule has 1 amide bonds. The number of ether oxygens (including phenoxy) is 4. The van der Waals surface area contributed by atoms with Crippen molar-refractivity contribution in [3.63, 3.8) is 0 Å². The van der Waals surface area contributed by atoms with Gasteiger partial charge in [0.15, 0.2) is 23.1 Å². The number of hydrogen-bond donors (Lipinski definition) is 0. The van der Waals surface area contributed by atoms with Crippen LogP contribution in [-0.4, -0.2) is 90.6 Å². The van der Waals surface area contributed by atoms with E-state index < -0.39 is 5.97 Å². The minimum absolute atomic E-state index is 0.0807. The van der Waals surface area contributed by atoms with Crippen molar-refractivity contribution in [2.45, 2.75) is 64.5 Å². The molecule has 12 heteroatoms. The fourth-order valence-electron chi connectivity index (χ4n) is 8.57. The molecule has 0 N–H and O–H groups in total. The molecule has 5 aromatic rings. The molecule has 2 aliphatic heterocycles. The third-order valence-electron chi connectivity index (χ3n) is 11.6. The highest BCUT2D eigenvalue weighted by Gasteiger charge is 2.43. The van der Waals surface area contributed by atoms with Gasteiger partial charge in [0, 0.05) is 49.5 Å². The molecule has 12 nitrogen and oxygen atoms in total. The van der Waals surface area contributed by atoms with Gasteiger partial charge in [0.05, 0.1) is 43.7 Å². The number of methoxy groups -OCH3 is 2. The van der Waals surface area contributed by atoms with Crippen molar-refractivity contribution in [2.24, 2.45) is 5.92 Å². The highest BCUT2D eigenvalue weighted by molar-refractivity contribution is 6.00. The first-order valence-corrected chi connectivity index (χ1v) is 19.9. The zero-order valence-electron chi connectivity index (χ0n) is 33.3. The van der Waals surface area contributed by atoms with Crippen LogP contribution in [0, 0.1) is 5.92 Å². The molecule has 0 radical (unpaired) electrons. The Morgan fingerprint density at radius 3 is 2.39 bits per heavy atom. The molecule has 2 aliphatic rings. The number of hydrogen-bond acceptors (Lipinski definition) is 10. The van der Waals surface area contributed by atoms with Crippen LogP contribution in [0.1, 0.15) is 77.4 Å². The number of likely N-dealkylation sites (tertiary alicyclic amines) is 2. The lowest BCUT2D eigenvalue weighted by molar-refractivity contribution is -0.131. The molecule has 2 aromatic heterocycles. The summed E-state index contributed by atoms with van der Waals surface area (Å²) in [6.07, 6.45) is 5.23. The SMILES string of the molecule is CCc1c(OC)c(OC)cc(C(=O)N2CCC(CCN3CCC(C(=O)c4nc5ccccc5n4CCOCc4ccco4)CC3)(c3ccccc3)C2)c1OC(C)=O. The van der Waals surface area contributed by atoms with Crippen molar-refractivity contribution in [3.8, 4) is 17.2 Å². The fraction of sp³-hybridized carbons (Fsp3) is 0.422. The lowest BCUT2D eigenvalue weighted by atomic mass is 9.76. The Bertz CT molecular complexity index is 2170. The molecule has 57 heavy (non-hydrogen) atoms. The van der Waals surface area contributed by atoms with Crippen molar-refractivity contribution >= 4 is 28.7 Å². The van der Waals surface area contributed by atoms with Crippen molar-refractivity contribution in [2.75, 3.05) is 53.6 Å². The maximum absolute atomic E-state index is 14.4. The molecule has 300 valence electrons. The Labute approximate surface area is 333 Å². The lowest BCUT2D eigenvalue weighted by Crippen LogP contribution is -2.41. The van der Waals surface area contributed by atoms with Gasteiger partial charge in [0.25, 0.3) is 5.91 Å². The van der Waals surface area contributed by atoms with Crippen LogP contribution in [0.25, 0.3) is 11.0 Å². The van der Waals surface area contributed by atoms with E-state index in [0.29, 0.717) is 62.2 Å². The Kier molecular flexibility index (Phi) is 12.4. The van der Waals surface area contributed by atoms with E-state index in [4.69, 9.17) is 28.3 Å². The van der Waals surface area contributed by atoms with E-state index in [1.165, 1.54) is 26.7 Å². The van der Waals surface area contributed by atoms with Crippen LogP contribution in [-0.2, 0) is 34.5 Å². The molecule has 0 saturated carbocycles. The van der Waals surface area contributed by atoms with Gasteiger partial charge < -0.3 is 37.7 Å². The molecule has 2 saturated heterocycles. The molecule has 2 fully saturated rings. The van der Waals surface area contributed by atoms with Crippen molar-refractivity contribution < 1.29 is 37.7 Å². The van der Waals surface area contributed by atoms with Gasteiger partial charge in [-0.05, 0) is 81.6 Å². The molecular weight excluding hydrogens is 725 g/mol. The monoisotopic (exact) mass is 776 g/mol. The number of benzene rings is 3. The minimum atomic E-state index is -0.512. The van der Waals surface area contributed by atoms with Crippen LogP contribution in [0.5, 0.6) is 17.2 Å². The first kappa shape index (κ1) is 39.8. The second-order valence-corrected chi connectivity index (χ2v) is 15.0. The summed E-state index contributed by atoms with van der Waals surface area (Å²) in [6, 6.07) is 23.6. The number of carbonyl (C=O) groups is 3. The number of nitrogens with zero attached hydrogens (tertiary/aromatic N) is 4. The van der Waals surface area contributed by atoms with Crippen LogP contribution in [0.2, 0.25) is 0 Å². The first-order chi connectivity index (χ1) is 27.7. The summed E-state index contributed by atoms with van der Waals surface area (Å²) in [7, 11) is 3.07. The number of furan rings is 1. The number of imidazole rings is 1. The van der Waals surface area contributed by atoms with E-state index in [0.717, 1.165) is 62.1 Å². The molecule has 0 aliphatic carbocycles. The number of amides is 1. The van der Waals surface area contributed by atoms with Gasteiger partial charge in [-0.15, -0.1) is 0 Å². The maximum Gasteiger partial charge on any atom is 0.308 e. The zero-order chi connectivity index (χ0) is 39.9. The fourth-order valence-corrected chi connectivity index (χ4v) is 8.57. The summed E-state index contributed by atoms with van der Waals surface area (Å²) in [5, 5.41) is 0. The van der Waals surface area contributed by atoms with Crippen molar-refractivity contribution in [3.05, 3.63) is 107 Å². The van der Waals surface area contributed by atoms with E-state index >= 15 is 0 Å². The van der Waals surface area contributed by atoms with Crippen LogP contribution in [0.4, 0.5) is 0 Å². The Morgan fingerprint density at radius 1 is 0.912 bits per heavy atom. The number of ketones is 1. The van der Waals surface area contributed by atoms with Crippen LogP contribution in [0.3, 0.4) is 0 Å². The molecule has 4 heterocycles. The molecule has 1 unspecified atom stereocenters. The number of carbonyl (C=O) groups excluding carboxylic acids is 3. The number of Topliss-reactive ketones (excluding diaryl/α,β-unsaturated/α-hetero) is 1. The van der Waals surface area contributed by atoms with Gasteiger partial charge in [-0.25, -0.2) is 4.98 Å². The van der Waals surface area contributed by atoms with Crippen LogP contribution >= 0.6 is 0 Å². The average Bonchev–Trinajstić information content (AvgIpc) is 4.01. The molecule has 0 bridgehead atoms. The number of aromatic nitrogens is 2. The third kappa shape index (κ3) is 8.47. The number of rotatable bonds is 16. The quantitative estimate of drug-likeness (QED) is 0.0443. The average molecular weight is 777 g/mol. The van der Waals surface area contributed by atoms with Crippen LogP contribution < -0.4 is 14.2 Å². The van der Waals surface area contributed by atoms with Crippen molar-refractivity contribution in [1.29, 1.82) is 0 Å². The third-order valence-corrected chi connectivity index (χ3v) is 11.6. The highest BCUT2D eigenvalue weighted by Crippen LogP contribution is 2.44. The van der Waals surface area contributed by atoms with E-state index in [-0.39, 0.29) is 34.3 Å². The van der Waals surface area contributed by atoms with E-state index in [9.17, 15) is 14.4 Å². The molecule has 1 atom stereocenters. The lowest BCUT2D eigenvalue weighted by Gasteiger charge is -2.36. The normalized spacial score (nSPS) is 17.6. The van der Waals surface area contributed by atoms with E-state index in [1.54, 1.807) is 12.3 Å². The summed E-state index contributed by atoms with van der Waals surface area (Å²) >= 11 is 0. The largest absolute Gasteiger partial charge is 0.493 e. The summed E-state index contributed by atoms with van der Waals surface area (Å²) in [5.74, 6) is 1.57. The predicted octanol–water partition coefficient (Wildman–Crippen LogP) is 7.12. The first-order valence-electron chi connectivity index (χ1n) is 19.9. The summed E-state index contributed by atoms with van der Waals surface area (Å²) < 4.78 is 30.2. The minimum Gasteiger partial charge on any atom is -0.493 e. The van der Waals surface area contributed by atoms with Crippen LogP contribution in [0.15, 0.2) is 83.5 Å². The number of para-hydroxylation sites is 2. The Hall–Kier alpha value is -5.46. The predicted molar refractivity (Wildman–Crippen MR) is 215 cm³/mol. The van der Waals surface area contributed by atoms with E-state index in [1.807, 2.05) is 58.9 Å². The molecule has 3 aromatic carbocycles. The Morgan fingerprint density at radius 2 is 1.68 bits per heavy atom. The number of esters is 1. The molecule has 7 rings (SSSR count). The van der Waals surface area contributed by atoms with Gasteiger partial charge in [-0.2, -0.15) is 0 Å². The van der Waals surface area contributed by atoms with Gasteiger partial charge >= 0.3 is 5.97 Å². The highest BCUT2D eigenvalue weighted by atomic mass is 16.5. The second kappa shape index (κ2) is 17.8. The number of piperidine rings is 1. The standard InChI is InChI=1S/C45H52N4O8/c1-5-35-41(57-31(2)50)36(28-39(53-3)42(35)54-4)44(52)48-24-20-45(30-48,33-12-7-6-8-13-33)19-23-47-21-17-32(18-22-47)40(51)43-46-37-15-9-10-16-38(37)49(43)25-27-55-29-34-14-11-26-56-34/h6-16,26,28,32H,5,17-25,27,29-30H2,1-4H3. The molecule has 0 spiro atoms. The summed E-state index contributed by atoms with van der Waals surface area (Å²) in [4.78, 5) is 49.9. The summed E-state index contributed by atoms with van der Waals surface area (Å²) in [5.41, 5.74) is 3.54. The van der Waals surface area contributed by atoms with Gasteiger partial charge in [0.2, 0.25) is 5.78 Å².